The minimum atomic E-state index is -2.58. The molecular weight excluding hydrogens is 495 g/mol. The lowest BCUT2D eigenvalue weighted by Gasteiger charge is -2.30. The van der Waals surface area contributed by atoms with Crippen LogP contribution in [0.5, 0.6) is 0 Å². The van der Waals surface area contributed by atoms with E-state index in [1.54, 1.807) is 25.4 Å². The van der Waals surface area contributed by atoms with Crippen LogP contribution < -0.4 is 5.32 Å². The third-order valence-corrected chi connectivity index (χ3v) is 7.89. The van der Waals surface area contributed by atoms with Crippen LogP contribution in [0.2, 0.25) is 0 Å². The van der Waals surface area contributed by atoms with Gasteiger partial charge in [-0.2, -0.15) is 4.98 Å². The molecule has 0 atom stereocenters. The van der Waals surface area contributed by atoms with Gasteiger partial charge in [0.15, 0.2) is 5.82 Å². The van der Waals surface area contributed by atoms with E-state index in [1.807, 2.05) is 4.90 Å². The maximum atomic E-state index is 14.9. The van der Waals surface area contributed by atoms with Gasteiger partial charge in [-0.15, -0.1) is 0 Å². The first kappa shape index (κ1) is 24.7. The van der Waals surface area contributed by atoms with Crippen molar-refractivity contribution in [3.8, 4) is 11.1 Å². The summed E-state index contributed by atoms with van der Waals surface area (Å²) in [6, 6.07) is 3.23. The van der Waals surface area contributed by atoms with Crippen molar-refractivity contribution in [2.75, 3.05) is 18.4 Å². The van der Waals surface area contributed by atoms with Crippen LogP contribution in [0, 0.1) is 18.7 Å². The number of carbonyl (C=O) groups excluding carboxylic acids is 1. The van der Waals surface area contributed by atoms with E-state index in [2.05, 4.69) is 25.3 Å². The lowest BCUT2D eigenvalue weighted by molar-refractivity contribution is -0.135. The van der Waals surface area contributed by atoms with Crippen molar-refractivity contribution < 1.29 is 18.0 Å². The fourth-order valence-corrected chi connectivity index (χ4v) is 5.90. The van der Waals surface area contributed by atoms with E-state index in [4.69, 9.17) is 0 Å². The minimum Gasteiger partial charge on any atom is -0.351 e. The van der Waals surface area contributed by atoms with Gasteiger partial charge in [-0.1, -0.05) is 0 Å². The highest BCUT2D eigenvalue weighted by Gasteiger charge is 2.31. The number of imidazole rings is 1. The Labute approximate surface area is 217 Å². The van der Waals surface area contributed by atoms with Gasteiger partial charge in [-0.05, 0) is 63.1 Å². The molecule has 1 saturated carbocycles. The standard InChI is InChI=1S/C27H30F3N7O/c1-15-33-24-21(28)10-17(11-22(24)37(15)14-23(29)30)19-12-31-25-20(19)13-32-27(35-25)34-18-6-4-16(5-7-18)26(38)36-8-2-3-9-36/h10-13,16,18,23H,2-9,14H2,1H3,(H2,31,32,34,35). The number of H-pyrrole nitrogens is 1. The van der Waals surface area contributed by atoms with Gasteiger partial charge < -0.3 is 19.8 Å². The molecule has 3 aromatic heterocycles. The Morgan fingerprint density at radius 2 is 1.92 bits per heavy atom. The number of hydrogen-bond donors (Lipinski definition) is 2. The summed E-state index contributed by atoms with van der Waals surface area (Å²) in [5.41, 5.74) is 2.20. The van der Waals surface area contributed by atoms with Gasteiger partial charge >= 0.3 is 0 Å². The van der Waals surface area contributed by atoms with E-state index in [0.29, 0.717) is 45.4 Å². The molecule has 38 heavy (non-hydrogen) atoms. The number of amides is 1. The third-order valence-electron chi connectivity index (χ3n) is 7.89. The highest BCUT2D eigenvalue weighted by Crippen LogP contribution is 2.33. The van der Waals surface area contributed by atoms with Gasteiger partial charge in [0.2, 0.25) is 11.9 Å². The fourth-order valence-electron chi connectivity index (χ4n) is 5.90. The molecule has 11 heteroatoms. The first-order valence-corrected chi connectivity index (χ1v) is 13.2. The van der Waals surface area contributed by atoms with Gasteiger partial charge in [0.1, 0.15) is 17.0 Å². The van der Waals surface area contributed by atoms with Gasteiger partial charge in [0, 0.05) is 48.4 Å². The molecule has 8 nitrogen and oxygen atoms in total. The van der Waals surface area contributed by atoms with Crippen molar-refractivity contribution >= 4 is 33.9 Å². The van der Waals surface area contributed by atoms with Crippen molar-refractivity contribution in [1.82, 2.24) is 29.4 Å². The van der Waals surface area contributed by atoms with Gasteiger partial charge in [-0.3, -0.25) is 4.79 Å². The fraction of sp³-hybridized carbons (Fsp3) is 0.481. The number of aromatic amines is 1. The highest BCUT2D eigenvalue weighted by molar-refractivity contribution is 5.96. The maximum Gasteiger partial charge on any atom is 0.256 e. The Balaban J connectivity index is 1.19. The normalized spacial score (nSPS) is 20.2. The zero-order valence-electron chi connectivity index (χ0n) is 21.2. The number of nitrogens with zero attached hydrogens (tertiary/aromatic N) is 5. The smallest absolute Gasteiger partial charge is 0.256 e. The molecule has 0 radical (unpaired) electrons. The molecule has 0 bridgehead atoms. The SMILES string of the molecule is Cc1nc2c(F)cc(-c3c[nH]c4nc(NC5CCC(C(=O)N6CCCC6)CC5)ncc34)cc2n1CC(F)F. The quantitative estimate of drug-likeness (QED) is 0.357. The molecular formula is C27H30F3N7O. The number of alkyl halides is 2. The Morgan fingerprint density at radius 3 is 2.66 bits per heavy atom. The van der Waals surface area contributed by atoms with Crippen LogP contribution in [0.25, 0.3) is 33.2 Å². The molecule has 0 unspecified atom stereocenters. The number of hydrogen-bond acceptors (Lipinski definition) is 5. The summed E-state index contributed by atoms with van der Waals surface area (Å²) in [7, 11) is 0. The monoisotopic (exact) mass is 525 g/mol. The molecule has 6 rings (SSSR count). The zero-order valence-corrected chi connectivity index (χ0v) is 21.2. The summed E-state index contributed by atoms with van der Waals surface area (Å²) in [5, 5.41) is 4.10. The lowest BCUT2D eigenvalue weighted by Crippen LogP contribution is -2.37. The van der Waals surface area contributed by atoms with Crippen molar-refractivity contribution in [3.63, 3.8) is 0 Å². The predicted octanol–water partition coefficient (Wildman–Crippen LogP) is 5.28. The number of nitrogens with one attached hydrogen (secondary N) is 2. The molecule has 1 saturated heterocycles. The summed E-state index contributed by atoms with van der Waals surface area (Å²) < 4.78 is 42.5. The molecule has 2 N–H and O–H groups in total. The predicted molar refractivity (Wildman–Crippen MR) is 138 cm³/mol. The number of aromatic nitrogens is 5. The third kappa shape index (κ3) is 4.58. The summed E-state index contributed by atoms with van der Waals surface area (Å²) in [6.07, 6.45) is 6.52. The van der Waals surface area contributed by atoms with Crippen molar-refractivity contribution in [3.05, 3.63) is 36.2 Å². The highest BCUT2D eigenvalue weighted by atomic mass is 19.3. The Hall–Kier alpha value is -3.63. The topological polar surface area (TPSA) is 91.7 Å². The van der Waals surface area contributed by atoms with Crippen LogP contribution in [-0.2, 0) is 11.3 Å². The number of benzene rings is 1. The van der Waals surface area contributed by atoms with E-state index < -0.39 is 18.8 Å². The van der Waals surface area contributed by atoms with Crippen molar-refractivity contribution in [2.45, 2.75) is 64.5 Å². The average Bonchev–Trinajstić information content (AvgIpc) is 3.64. The summed E-state index contributed by atoms with van der Waals surface area (Å²) >= 11 is 0. The van der Waals surface area contributed by atoms with Gasteiger partial charge in [0.25, 0.3) is 6.43 Å². The Kier molecular flexibility index (Phi) is 6.45. The molecule has 1 amide bonds. The molecule has 200 valence electrons. The number of carbonyl (C=O) groups is 1. The second-order valence-electron chi connectivity index (χ2n) is 10.4. The Bertz CT molecular complexity index is 1480. The zero-order chi connectivity index (χ0) is 26.4. The van der Waals surface area contributed by atoms with Crippen LogP contribution in [0.1, 0.15) is 44.3 Å². The minimum absolute atomic E-state index is 0.0753. The number of fused-ring (bicyclic) bond motifs is 2. The second-order valence-corrected chi connectivity index (χ2v) is 10.4. The molecule has 0 spiro atoms. The lowest BCUT2D eigenvalue weighted by atomic mass is 9.85. The summed E-state index contributed by atoms with van der Waals surface area (Å²) in [6.45, 7) is 2.82. The number of anilines is 1. The van der Waals surface area contributed by atoms with Crippen LogP contribution in [0.15, 0.2) is 24.5 Å². The van der Waals surface area contributed by atoms with E-state index >= 15 is 0 Å². The molecule has 1 aliphatic heterocycles. The number of aryl methyl sites for hydroxylation is 1. The molecule has 4 aromatic rings. The number of likely N-dealkylation sites (tertiary alicyclic amines) is 1. The van der Waals surface area contributed by atoms with Crippen molar-refractivity contribution in [2.24, 2.45) is 5.92 Å². The van der Waals surface area contributed by atoms with E-state index in [-0.39, 0.29) is 17.5 Å². The maximum absolute atomic E-state index is 14.9. The van der Waals surface area contributed by atoms with E-state index in [1.165, 1.54) is 10.6 Å². The average molecular weight is 526 g/mol. The summed E-state index contributed by atoms with van der Waals surface area (Å²) in [5.74, 6) is 0.677. The summed E-state index contributed by atoms with van der Waals surface area (Å²) in [4.78, 5) is 31.1. The first-order valence-electron chi connectivity index (χ1n) is 13.2. The van der Waals surface area contributed by atoms with E-state index in [9.17, 15) is 18.0 Å². The van der Waals surface area contributed by atoms with Crippen molar-refractivity contribution in [1.29, 1.82) is 0 Å². The molecule has 4 heterocycles. The number of halogens is 3. The largest absolute Gasteiger partial charge is 0.351 e. The van der Waals surface area contributed by atoms with Crippen LogP contribution in [-0.4, -0.2) is 60.9 Å². The van der Waals surface area contributed by atoms with Gasteiger partial charge in [0.05, 0.1) is 12.1 Å². The first-order chi connectivity index (χ1) is 18.4. The molecule has 2 fully saturated rings. The van der Waals surface area contributed by atoms with E-state index in [0.717, 1.165) is 51.6 Å². The number of rotatable bonds is 6. The van der Waals surface area contributed by atoms with Crippen LogP contribution in [0.4, 0.5) is 19.1 Å². The van der Waals surface area contributed by atoms with Gasteiger partial charge in [-0.25, -0.2) is 23.1 Å². The molecule has 1 aliphatic carbocycles. The molecule has 1 aromatic carbocycles. The van der Waals surface area contributed by atoms with Crippen LogP contribution >= 0.6 is 0 Å². The molecule has 2 aliphatic rings. The second kappa shape index (κ2) is 9.92. The Morgan fingerprint density at radius 1 is 1.16 bits per heavy atom. The van der Waals surface area contributed by atoms with Crippen LogP contribution in [0.3, 0.4) is 0 Å².